The molecule has 2 amide bonds. The van der Waals surface area contributed by atoms with E-state index in [9.17, 15) is 18.0 Å². The van der Waals surface area contributed by atoms with Crippen LogP contribution in [0.2, 0.25) is 0 Å². The van der Waals surface area contributed by atoms with E-state index in [1.165, 1.54) is 16.3 Å². The van der Waals surface area contributed by atoms with Crippen LogP contribution in [0.3, 0.4) is 0 Å². The van der Waals surface area contributed by atoms with Gasteiger partial charge < -0.3 is 15.1 Å². The van der Waals surface area contributed by atoms with Gasteiger partial charge in [0, 0.05) is 51.0 Å². The summed E-state index contributed by atoms with van der Waals surface area (Å²) in [6.45, 7) is 4.82. The van der Waals surface area contributed by atoms with Crippen LogP contribution in [0.25, 0.3) is 0 Å². The number of hydrogen-bond donors (Lipinski definition) is 1. The van der Waals surface area contributed by atoms with Crippen molar-refractivity contribution in [3.63, 3.8) is 0 Å². The number of anilines is 1. The SMILES string of the molecule is Cc1cccc(N2CCN(S(=O)(=O)CC(=O)N3CCCC(C(=O)NC4CCCCC4)C3)CC2)c1. The van der Waals surface area contributed by atoms with Gasteiger partial charge in [-0.1, -0.05) is 31.4 Å². The highest BCUT2D eigenvalue weighted by Crippen LogP contribution is 2.22. The van der Waals surface area contributed by atoms with Crippen molar-refractivity contribution in [1.82, 2.24) is 14.5 Å². The van der Waals surface area contributed by atoms with Gasteiger partial charge in [-0.25, -0.2) is 8.42 Å². The Balaban J connectivity index is 1.28. The lowest BCUT2D eigenvalue weighted by Crippen LogP contribution is -2.52. The van der Waals surface area contributed by atoms with Crippen molar-refractivity contribution in [2.24, 2.45) is 5.92 Å². The van der Waals surface area contributed by atoms with Gasteiger partial charge in [-0.05, 0) is 50.3 Å². The van der Waals surface area contributed by atoms with Gasteiger partial charge in [0.1, 0.15) is 5.75 Å². The van der Waals surface area contributed by atoms with Crippen LogP contribution < -0.4 is 10.2 Å². The van der Waals surface area contributed by atoms with Gasteiger partial charge in [0.2, 0.25) is 21.8 Å². The summed E-state index contributed by atoms with van der Waals surface area (Å²) in [5.41, 5.74) is 2.27. The molecule has 3 fully saturated rings. The monoisotopic (exact) mass is 490 g/mol. The Labute approximate surface area is 203 Å². The number of aryl methyl sites for hydroxylation is 1. The molecule has 34 heavy (non-hydrogen) atoms. The summed E-state index contributed by atoms with van der Waals surface area (Å²) in [5, 5.41) is 3.16. The highest BCUT2D eigenvalue weighted by molar-refractivity contribution is 7.89. The van der Waals surface area contributed by atoms with Crippen molar-refractivity contribution in [2.75, 3.05) is 49.9 Å². The van der Waals surface area contributed by atoms with E-state index in [-0.39, 0.29) is 17.9 Å². The average Bonchev–Trinajstić information content (AvgIpc) is 2.84. The standard InChI is InChI=1S/C25H38N4O4S/c1-20-7-5-11-23(17-20)27-13-15-29(16-14-27)34(32,33)19-24(30)28-12-6-8-21(18-28)25(31)26-22-9-3-2-4-10-22/h5,7,11,17,21-22H,2-4,6,8-10,12-16,18-19H2,1H3,(H,26,31). The van der Waals surface area contributed by atoms with Crippen molar-refractivity contribution >= 4 is 27.5 Å². The molecule has 0 bridgehead atoms. The van der Waals surface area contributed by atoms with Crippen LogP contribution >= 0.6 is 0 Å². The summed E-state index contributed by atoms with van der Waals surface area (Å²) in [6.07, 6.45) is 7.05. The fourth-order valence-electron chi connectivity index (χ4n) is 5.37. The number of carbonyl (C=O) groups is 2. The van der Waals surface area contributed by atoms with Crippen molar-refractivity contribution in [3.8, 4) is 0 Å². The van der Waals surface area contributed by atoms with Gasteiger partial charge in [0.05, 0.1) is 5.92 Å². The summed E-state index contributed by atoms with van der Waals surface area (Å²) in [7, 11) is -3.69. The summed E-state index contributed by atoms with van der Waals surface area (Å²) in [6, 6.07) is 8.43. The number of benzene rings is 1. The molecule has 2 saturated heterocycles. The number of amides is 2. The van der Waals surface area contributed by atoms with E-state index in [0.29, 0.717) is 39.3 Å². The minimum absolute atomic E-state index is 0.0135. The predicted octanol–water partition coefficient (Wildman–Crippen LogP) is 2.13. The zero-order valence-corrected chi connectivity index (χ0v) is 21.1. The second kappa shape index (κ2) is 11.1. The van der Waals surface area contributed by atoms with Gasteiger partial charge in [-0.15, -0.1) is 0 Å². The third-order valence-electron chi connectivity index (χ3n) is 7.40. The Morgan fingerprint density at radius 3 is 2.41 bits per heavy atom. The Kier molecular flexibility index (Phi) is 8.14. The topological polar surface area (TPSA) is 90.0 Å². The highest BCUT2D eigenvalue weighted by atomic mass is 32.2. The van der Waals surface area contributed by atoms with E-state index in [1.54, 1.807) is 4.90 Å². The molecule has 4 rings (SSSR count). The molecule has 1 atom stereocenters. The van der Waals surface area contributed by atoms with E-state index >= 15 is 0 Å². The van der Waals surface area contributed by atoms with Gasteiger partial charge in [0.25, 0.3) is 0 Å². The molecule has 1 aliphatic carbocycles. The van der Waals surface area contributed by atoms with Crippen molar-refractivity contribution in [1.29, 1.82) is 0 Å². The van der Waals surface area contributed by atoms with Gasteiger partial charge in [0.15, 0.2) is 0 Å². The molecule has 0 aromatic heterocycles. The molecule has 3 aliphatic rings. The average molecular weight is 491 g/mol. The molecular formula is C25H38N4O4S. The van der Waals surface area contributed by atoms with Crippen LogP contribution in [0.5, 0.6) is 0 Å². The third-order valence-corrected chi connectivity index (χ3v) is 9.16. The van der Waals surface area contributed by atoms with E-state index < -0.39 is 21.7 Å². The summed E-state index contributed by atoms with van der Waals surface area (Å²) in [5.74, 6) is -1.15. The first-order valence-electron chi connectivity index (χ1n) is 12.7. The zero-order valence-electron chi connectivity index (χ0n) is 20.2. The lowest BCUT2D eigenvalue weighted by atomic mass is 9.93. The first-order chi connectivity index (χ1) is 16.3. The van der Waals surface area contributed by atoms with E-state index in [4.69, 9.17) is 0 Å². The Morgan fingerprint density at radius 2 is 1.71 bits per heavy atom. The number of nitrogens with zero attached hydrogens (tertiary/aromatic N) is 3. The zero-order chi connectivity index (χ0) is 24.1. The number of rotatable bonds is 6. The fourth-order valence-corrected chi connectivity index (χ4v) is 6.77. The smallest absolute Gasteiger partial charge is 0.239 e. The highest BCUT2D eigenvalue weighted by Gasteiger charge is 2.34. The van der Waals surface area contributed by atoms with Crippen LogP contribution in [-0.4, -0.2) is 80.5 Å². The van der Waals surface area contributed by atoms with Crippen molar-refractivity contribution in [3.05, 3.63) is 29.8 Å². The molecule has 1 saturated carbocycles. The Bertz CT molecular complexity index is 969. The molecule has 2 heterocycles. The minimum atomic E-state index is -3.69. The quantitative estimate of drug-likeness (QED) is 0.660. The number of piperazine rings is 1. The van der Waals surface area contributed by atoms with Crippen molar-refractivity contribution < 1.29 is 18.0 Å². The maximum atomic E-state index is 13.0. The number of carbonyl (C=O) groups excluding carboxylic acids is 2. The molecule has 1 unspecified atom stereocenters. The summed E-state index contributed by atoms with van der Waals surface area (Å²) < 4.78 is 27.4. The summed E-state index contributed by atoms with van der Waals surface area (Å²) in [4.78, 5) is 29.4. The normalized spacial score (nSPS) is 23.0. The number of likely N-dealkylation sites (tertiary alicyclic amines) is 1. The molecule has 0 spiro atoms. The molecule has 1 aromatic rings. The molecular weight excluding hydrogens is 452 g/mol. The Hall–Kier alpha value is -2.13. The van der Waals surface area contributed by atoms with Crippen LogP contribution in [0.4, 0.5) is 5.69 Å². The number of hydrogen-bond acceptors (Lipinski definition) is 5. The number of sulfonamides is 1. The fraction of sp³-hybridized carbons (Fsp3) is 0.680. The second-order valence-electron chi connectivity index (χ2n) is 10.0. The molecule has 9 heteroatoms. The minimum Gasteiger partial charge on any atom is -0.369 e. The van der Waals surface area contributed by atoms with Crippen molar-refractivity contribution in [2.45, 2.75) is 57.9 Å². The number of nitrogens with one attached hydrogen (secondary N) is 1. The van der Waals surface area contributed by atoms with Crippen LogP contribution in [0.1, 0.15) is 50.5 Å². The maximum absolute atomic E-state index is 13.0. The van der Waals surface area contributed by atoms with E-state index in [2.05, 4.69) is 16.3 Å². The van der Waals surface area contributed by atoms with Crippen LogP contribution in [0, 0.1) is 12.8 Å². The van der Waals surface area contributed by atoms with Crippen LogP contribution in [0.15, 0.2) is 24.3 Å². The summed E-state index contributed by atoms with van der Waals surface area (Å²) >= 11 is 0. The largest absolute Gasteiger partial charge is 0.369 e. The number of piperidine rings is 1. The van der Waals surface area contributed by atoms with Gasteiger partial charge in [-0.2, -0.15) is 4.31 Å². The molecule has 8 nitrogen and oxygen atoms in total. The van der Waals surface area contributed by atoms with Gasteiger partial charge in [-0.3, -0.25) is 9.59 Å². The lowest BCUT2D eigenvalue weighted by molar-refractivity contribution is -0.134. The second-order valence-corrected chi connectivity index (χ2v) is 12.0. The first kappa shape index (κ1) is 25.0. The predicted molar refractivity (Wildman–Crippen MR) is 133 cm³/mol. The van der Waals surface area contributed by atoms with E-state index in [1.807, 2.05) is 25.1 Å². The molecule has 188 valence electrons. The Morgan fingerprint density at radius 1 is 0.971 bits per heavy atom. The molecule has 0 radical (unpaired) electrons. The molecule has 1 aromatic carbocycles. The lowest BCUT2D eigenvalue weighted by Gasteiger charge is -2.36. The first-order valence-corrected chi connectivity index (χ1v) is 14.3. The maximum Gasteiger partial charge on any atom is 0.239 e. The molecule has 1 N–H and O–H groups in total. The van der Waals surface area contributed by atoms with Gasteiger partial charge >= 0.3 is 0 Å². The van der Waals surface area contributed by atoms with Crippen LogP contribution in [-0.2, 0) is 19.6 Å². The third kappa shape index (κ3) is 6.30. The van der Waals surface area contributed by atoms with E-state index in [0.717, 1.165) is 44.2 Å². The molecule has 2 aliphatic heterocycles.